The molecule has 3 heterocycles. The summed E-state index contributed by atoms with van der Waals surface area (Å²) in [5.41, 5.74) is 0.945. The lowest BCUT2D eigenvalue weighted by molar-refractivity contribution is 0.215. The highest BCUT2D eigenvalue weighted by Gasteiger charge is 2.20. The van der Waals surface area contributed by atoms with Gasteiger partial charge < -0.3 is 10.2 Å². The van der Waals surface area contributed by atoms with E-state index in [1.54, 1.807) is 21.8 Å². The average molecular weight is 400 g/mol. The molecule has 0 atom stereocenters. The zero-order chi connectivity index (χ0) is 20.2. The molecule has 156 valence electrons. The topological polar surface area (TPSA) is 109 Å². The summed E-state index contributed by atoms with van der Waals surface area (Å²) in [6.45, 7) is 4.49. The maximum Gasteiger partial charge on any atom is 0.326 e. The Labute approximate surface area is 169 Å². The fraction of sp³-hybridized carbons (Fsp3) is 0.579. The van der Waals surface area contributed by atoms with Gasteiger partial charge in [0.2, 0.25) is 0 Å². The molecule has 0 bridgehead atoms. The highest BCUT2D eigenvalue weighted by molar-refractivity contribution is 5.98. The Kier molecular flexibility index (Phi) is 5.68. The van der Waals surface area contributed by atoms with Crippen LogP contribution in [0.2, 0.25) is 0 Å². The molecule has 1 aliphatic carbocycles. The maximum absolute atomic E-state index is 12.4. The summed E-state index contributed by atoms with van der Waals surface area (Å²) in [6, 6.07) is 1.75. The van der Waals surface area contributed by atoms with Gasteiger partial charge in [-0.3, -0.25) is 20.0 Å². The van der Waals surface area contributed by atoms with Gasteiger partial charge in [-0.05, 0) is 19.8 Å². The number of aryl methyl sites for hydroxylation is 1. The summed E-state index contributed by atoms with van der Waals surface area (Å²) in [6.07, 6.45) is 9.84. The van der Waals surface area contributed by atoms with Crippen molar-refractivity contribution in [2.45, 2.75) is 51.6 Å². The standard InChI is InChI=1S/C19H28N8O2/c1-14-13-27(15-5-3-2-4-6-15)24-17(14)22-18(28)21-16-7-9-26(23-16)12-11-25-10-8-20-19(25)29/h7,9,13,15H,2-6,8,10-12H2,1H3,(H,20,29)(H2,21,22,23,24,28). The molecule has 1 aliphatic heterocycles. The monoisotopic (exact) mass is 400 g/mol. The molecule has 1 saturated heterocycles. The van der Waals surface area contributed by atoms with E-state index in [1.807, 2.05) is 17.8 Å². The van der Waals surface area contributed by atoms with Gasteiger partial charge in [-0.1, -0.05) is 19.3 Å². The van der Waals surface area contributed by atoms with Crippen molar-refractivity contribution >= 4 is 23.7 Å². The average Bonchev–Trinajstić information content (AvgIpc) is 3.42. The second-order valence-electron chi connectivity index (χ2n) is 7.69. The molecule has 0 spiro atoms. The smallest absolute Gasteiger partial charge is 0.326 e. The first-order chi connectivity index (χ1) is 14.1. The number of carbonyl (C=O) groups excluding carboxylic acids is 2. The van der Waals surface area contributed by atoms with Crippen LogP contribution in [0.4, 0.5) is 21.2 Å². The molecule has 10 nitrogen and oxygen atoms in total. The van der Waals surface area contributed by atoms with E-state index in [2.05, 4.69) is 26.1 Å². The zero-order valence-corrected chi connectivity index (χ0v) is 16.7. The summed E-state index contributed by atoms with van der Waals surface area (Å²) < 4.78 is 3.71. The third-order valence-electron chi connectivity index (χ3n) is 5.52. The highest BCUT2D eigenvalue weighted by atomic mass is 16.2. The second kappa shape index (κ2) is 8.54. The van der Waals surface area contributed by atoms with Crippen molar-refractivity contribution in [3.63, 3.8) is 0 Å². The van der Waals surface area contributed by atoms with Crippen molar-refractivity contribution in [3.05, 3.63) is 24.0 Å². The molecule has 4 rings (SSSR count). The van der Waals surface area contributed by atoms with Crippen LogP contribution in [0.15, 0.2) is 18.5 Å². The molecule has 0 unspecified atom stereocenters. The van der Waals surface area contributed by atoms with Crippen LogP contribution in [0, 0.1) is 6.92 Å². The highest BCUT2D eigenvalue weighted by Crippen LogP contribution is 2.29. The van der Waals surface area contributed by atoms with E-state index < -0.39 is 0 Å². The number of nitrogens with zero attached hydrogens (tertiary/aromatic N) is 5. The van der Waals surface area contributed by atoms with Crippen molar-refractivity contribution < 1.29 is 9.59 Å². The van der Waals surface area contributed by atoms with Crippen LogP contribution in [0.25, 0.3) is 0 Å². The van der Waals surface area contributed by atoms with Crippen molar-refractivity contribution in [2.75, 3.05) is 30.3 Å². The quantitative estimate of drug-likeness (QED) is 0.692. The lowest BCUT2D eigenvalue weighted by atomic mass is 9.96. The number of anilines is 2. The Hall–Kier alpha value is -3.04. The van der Waals surface area contributed by atoms with Crippen molar-refractivity contribution in [1.82, 2.24) is 29.8 Å². The normalized spacial score (nSPS) is 17.4. The number of urea groups is 2. The minimum atomic E-state index is -0.369. The molecule has 29 heavy (non-hydrogen) atoms. The molecular weight excluding hydrogens is 372 g/mol. The number of hydrogen-bond donors (Lipinski definition) is 3. The van der Waals surface area contributed by atoms with E-state index in [9.17, 15) is 9.59 Å². The van der Waals surface area contributed by atoms with Gasteiger partial charge in [0.15, 0.2) is 11.6 Å². The molecule has 2 aliphatic rings. The van der Waals surface area contributed by atoms with Gasteiger partial charge in [-0.2, -0.15) is 10.2 Å². The molecule has 0 radical (unpaired) electrons. The molecule has 2 aromatic heterocycles. The third kappa shape index (κ3) is 4.69. The predicted molar refractivity (Wildman–Crippen MR) is 109 cm³/mol. The van der Waals surface area contributed by atoms with E-state index in [-0.39, 0.29) is 12.1 Å². The fourth-order valence-corrected chi connectivity index (χ4v) is 3.89. The molecule has 2 aromatic rings. The van der Waals surface area contributed by atoms with Crippen LogP contribution in [-0.4, -0.2) is 56.2 Å². The summed E-state index contributed by atoms with van der Waals surface area (Å²) in [5, 5.41) is 17.2. The SMILES string of the molecule is Cc1cn(C2CCCCC2)nc1NC(=O)Nc1ccn(CCN2CCNC2=O)n1. The van der Waals surface area contributed by atoms with E-state index in [4.69, 9.17) is 0 Å². The lowest BCUT2D eigenvalue weighted by Crippen LogP contribution is -2.31. The van der Waals surface area contributed by atoms with Gasteiger partial charge in [-0.25, -0.2) is 9.59 Å². The predicted octanol–water partition coefficient (Wildman–Crippen LogP) is 2.56. The minimum Gasteiger partial charge on any atom is -0.336 e. The first-order valence-corrected chi connectivity index (χ1v) is 10.3. The summed E-state index contributed by atoms with van der Waals surface area (Å²) in [7, 11) is 0. The Morgan fingerprint density at radius 3 is 2.79 bits per heavy atom. The van der Waals surface area contributed by atoms with Crippen LogP contribution in [0.1, 0.15) is 43.7 Å². The van der Waals surface area contributed by atoms with Crippen LogP contribution in [0.3, 0.4) is 0 Å². The van der Waals surface area contributed by atoms with Gasteiger partial charge >= 0.3 is 12.1 Å². The summed E-state index contributed by atoms with van der Waals surface area (Å²) >= 11 is 0. The number of rotatable bonds is 6. The van der Waals surface area contributed by atoms with Crippen LogP contribution in [0.5, 0.6) is 0 Å². The summed E-state index contributed by atoms with van der Waals surface area (Å²) in [5.74, 6) is 1.03. The molecule has 3 N–H and O–H groups in total. The van der Waals surface area contributed by atoms with Gasteiger partial charge in [0.1, 0.15) is 0 Å². The molecule has 10 heteroatoms. The van der Waals surface area contributed by atoms with E-state index >= 15 is 0 Å². The Morgan fingerprint density at radius 1 is 1.21 bits per heavy atom. The lowest BCUT2D eigenvalue weighted by Gasteiger charge is -2.21. The van der Waals surface area contributed by atoms with Gasteiger partial charge in [0, 0.05) is 43.7 Å². The molecule has 0 aromatic carbocycles. The minimum absolute atomic E-state index is 0.0436. The van der Waals surface area contributed by atoms with Crippen molar-refractivity contribution in [3.8, 4) is 0 Å². The van der Waals surface area contributed by atoms with Crippen molar-refractivity contribution in [2.24, 2.45) is 0 Å². The maximum atomic E-state index is 12.4. The molecule has 1 saturated carbocycles. The third-order valence-corrected chi connectivity index (χ3v) is 5.52. The van der Waals surface area contributed by atoms with Crippen LogP contribution < -0.4 is 16.0 Å². The second-order valence-corrected chi connectivity index (χ2v) is 7.69. The van der Waals surface area contributed by atoms with Gasteiger partial charge in [0.05, 0.1) is 12.6 Å². The number of aromatic nitrogens is 4. The van der Waals surface area contributed by atoms with Crippen molar-refractivity contribution in [1.29, 1.82) is 0 Å². The molecular formula is C19H28N8O2. The van der Waals surface area contributed by atoms with Crippen LogP contribution in [-0.2, 0) is 6.54 Å². The largest absolute Gasteiger partial charge is 0.336 e. The Bertz CT molecular complexity index is 867. The number of amides is 4. The van der Waals surface area contributed by atoms with Crippen LogP contribution >= 0.6 is 0 Å². The van der Waals surface area contributed by atoms with E-state index in [0.717, 1.165) is 18.4 Å². The first kappa shape index (κ1) is 19.3. The first-order valence-electron chi connectivity index (χ1n) is 10.3. The fourth-order valence-electron chi connectivity index (χ4n) is 3.89. The molecule has 2 fully saturated rings. The summed E-state index contributed by atoms with van der Waals surface area (Å²) in [4.78, 5) is 25.7. The number of nitrogens with one attached hydrogen (secondary N) is 3. The number of hydrogen-bond acceptors (Lipinski definition) is 4. The Balaban J connectivity index is 1.29. The molecule has 4 amide bonds. The Morgan fingerprint density at radius 2 is 2.03 bits per heavy atom. The van der Waals surface area contributed by atoms with E-state index in [1.165, 1.54) is 19.3 Å². The number of carbonyl (C=O) groups is 2. The van der Waals surface area contributed by atoms with E-state index in [0.29, 0.717) is 43.9 Å². The van der Waals surface area contributed by atoms with Gasteiger partial charge in [-0.15, -0.1) is 0 Å². The zero-order valence-electron chi connectivity index (χ0n) is 16.7. The van der Waals surface area contributed by atoms with Gasteiger partial charge in [0.25, 0.3) is 0 Å².